The second-order valence-corrected chi connectivity index (χ2v) is 7.43. The van der Waals surface area contributed by atoms with Crippen molar-refractivity contribution in [2.24, 2.45) is 22.2 Å². The van der Waals surface area contributed by atoms with Crippen LogP contribution in [0.15, 0.2) is 0 Å². The fourth-order valence-electron chi connectivity index (χ4n) is 4.91. The Kier molecular flexibility index (Phi) is 7.14. The van der Waals surface area contributed by atoms with Crippen LogP contribution in [0.1, 0.15) is 101 Å². The number of hydrogen-bond donors (Lipinski definition) is 0. The Balaban J connectivity index is 5.86. The Morgan fingerprint density at radius 3 is 1.26 bits per heavy atom. The topological polar surface area (TPSA) is 0 Å². The first-order valence-electron chi connectivity index (χ1n) is 8.75. The molecule has 0 amide bonds. The van der Waals surface area contributed by atoms with Crippen LogP contribution < -0.4 is 0 Å². The molecule has 0 aromatic carbocycles. The standard InChI is InChI=1S/C19H40/c1-10-16(17(7,8)11-2)19(14-5,15-6)18(9,12-3)13-4/h16H,10-15H2,1-9H3. The SMILES string of the molecule is CCC(C(C)(C)CC)C(CC)(CC)C(C)(CC)CC. The zero-order valence-corrected chi connectivity index (χ0v) is 15.3. The monoisotopic (exact) mass is 268 g/mol. The second kappa shape index (κ2) is 7.14. The van der Waals surface area contributed by atoms with Gasteiger partial charge >= 0.3 is 0 Å². The lowest BCUT2D eigenvalue weighted by Gasteiger charge is -2.57. The van der Waals surface area contributed by atoms with Gasteiger partial charge in [0.15, 0.2) is 0 Å². The van der Waals surface area contributed by atoms with Gasteiger partial charge in [0.05, 0.1) is 0 Å². The second-order valence-electron chi connectivity index (χ2n) is 7.43. The lowest BCUT2D eigenvalue weighted by Crippen LogP contribution is -2.49. The summed E-state index contributed by atoms with van der Waals surface area (Å²) in [5.41, 5.74) is 1.42. The smallest absolute Gasteiger partial charge is 0.0216 e. The summed E-state index contributed by atoms with van der Waals surface area (Å²) < 4.78 is 0. The third-order valence-corrected chi connectivity index (χ3v) is 6.95. The molecule has 0 saturated carbocycles. The predicted octanol–water partition coefficient (Wildman–Crippen LogP) is 7.08. The summed E-state index contributed by atoms with van der Waals surface area (Å²) in [4.78, 5) is 0. The third kappa shape index (κ3) is 3.19. The maximum atomic E-state index is 2.55. The van der Waals surface area contributed by atoms with Gasteiger partial charge in [0.1, 0.15) is 0 Å². The van der Waals surface area contributed by atoms with Gasteiger partial charge in [-0.25, -0.2) is 0 Å². The normalized spacial score (nSPS) is 15.6. The van der Waals surface area contributed by atoms with Crippen molar-refractivity contribution in [1.29, 1.82) is 0 Å². The predicted molar refractivity (Wildman–Crippen MR) is 89.6 cm³/mol. The van der Waals surface area contributed by atoms with Gasteiger partial charge in [-0.05, 0) is 35.0 Å². The van der Waals surface area contributed by atoms with Crippen LogP contribution in [0.3, 0.4) is 0 Å². The Bertz CT molecular complexity index is 241. The number of hydrogen-bond acceptors (Lipinski definition) is 0. The molecule has 0 rings (SSSR count). The van der Waals surface area contributed by atoms with Crippen LogP contribution in [0.2, 0.25) is 0 Å². The summed E-state index contributed by atoms with van der Waals surface area (Å²) in [7, 11) is 0. The fourth-order valence-corrected chi connectivity index (χ4v) is 4.91. The zero-order valence-electron chi connectivity index (χ0n) is 15.3. The highest BCUT2D eigenvalue weighted by molar-refractivity contribution is 5.00. The van der Waals surface area contributed by atoms with Crippen LogP contribution in [-0.4, -0.2) is 0 Å². The van der Waals surface area contributed by atoms with Crippen molar-refractivity contribution in [3.05, 3.63) is 0 Å². The molecule has 0 bridgehead atoms. The summed E-state index contributed by atoms with van der Waals surface area (Å²) in [6, 6.07) is 0. The van der Waals surface area contributed by atoms with Crippen molar-refractivity contribution in [2.75, 3.05) is 0 Å². The summed E-state index contributed by atoms with van der Waals surface area (Å²) in [5, 5.41) is 0. The van der Waals surface area contributed by atoms with E-state index in [1.165, 1.54) is 38.5 Å². The van der Waals surface area contributed by atoms with Crippen molar-refractivity contribution in [3.8, 4) is 0 Å². The molecule has 1 unspecified atom stereocenters. The van der Waals surface area contributed by atoms with E-state index in [9.17, 15) is 0 Å². The largest absolute Gasteiger partial charge is 0.0651 e. The first-order chi connectivity index (χ1) is 8.75. The summed E-state index contributed by atoms with van der Waals surface area (Å²) in [5.74, 6) is 0.824. The van der Waals surface area contributed by atoms with Gasteiger partial charge < -0.3 is 0 Å². The van der Waals surface area contributed by atoms with E-state index in [4.69, 9.17) is 0 Å². The van der Waals surface area contributed by atoms with Gasteiger partial charge in [-0.2, -0.15) is 0 Å². The van der Waals surface area contributed by atoms with Crippen LogP contribution in [-0.2, 0) is 0 Å². The van der Waals surface area contributed by atoms with Crippen molar-refractivity contribution < 1.29 is 0 Å². The minimum absolute atomic E-state index is 0.451. The molecule has 0 aromatic heterocycles. The molecule has 0 aliphatic rings. The lowest BCUT2D eigenvalue weighted by molar-refractivity contribution is -0.0792. The molecule has 0 N–H and O–H groups in total. The van der Waals surface area contributed by atoms with Gasteiger partial charge in [0.2, 0.25) is 0 Å². The summed E-state index contributed by atoms with van der Waals surface area (Å²) in [6.45, 7) is 22.0. The molecule has 0 aromatic rings. The Morgan fingerprint density at radius 2 is 1.05 bits per heavy atom. The molecule has 0 heterocycles. The molecule has 0 spiro atoms. The maximum Gasteiger partial charge on any atom is -0.0216 e. The van der Waals surface area contributed by atoms with Crippen molar-refractivity contribution >= 4 is 0 Å². The third-order valence-electron chi connectivity index (χ3n) is 6.95. The Labute approximate surface area is 123 Å². The van der Waals surface area contributed by atoms with Gasteiger partial charge in [0.25, 0.3) is 0 Å². The summed E-state index contributed by atoms with van der Waals surface area (Å²) >= 11 is 0. The Morgan fingerprint density at radius 1 is 0.632 bits per heavy atom. The van der Waals surface area contributed by atoms with Gasteiger partial charge in [-0.1, -0.05) is 88.0 Å². The van der Waals surface area contributed by atoms with E-state index >= 15 is 0 Å². The van der Waals surface area contributed by atoms with E-state index in [1.807, 2.05) is 0 Å². The molecular weight excluding hydrogens is 228 g/mol. The molecule has 116 valence electrons. The van der Waals surface area contributed by atoms with Crippen LogP contribution in [0.5, 0.6) is 0 Å². The van der Waals surface area contributed by atoms with Crippen LogP contribution in [0.4, 0.5) is 0 Å². The molecule has 0 heteroatoms. The van der Waals surface area contributed by atoms with Crippen molar-refractivity contribution in [1.82, 2.24) is 0 Å². The molecule has 0 saturated heterocycles. The molecule has 0 fully saturated rings. The average Bonchev–Trinajstić information content (AvgIpc) is 2.43. The highest BCUT2D eigenvalue weighted by Crippen LogP contribution is 2.60. The van der Waals surface area contributed by atoms with E-state index in [0.717, 1.165) is 5.92 Å². The van der Waals surface area contributed by atoms with E-state index in [2.05, 4.69) is 62.3 Å². The molecule has 0 radical (unpaired) electrons. The van der Waals surface area contributed by atoms with E-state index in [-0.39, 0.29) is 0 Å². The minimum Gasteiger partial charge on any atom is -0.0651 e. The first kappa shape index (κ1) is 19.0. The first-order valence-corrected chi connectivity index (χ1v) is 8.75. The van der Waals surface area contributed by atoms with Crippen molar-refractivity contribution in [3.63, 3.8) is 0 Å². The molecule has 0 aliphatic heterocycles. The van der Waals surface area contributed by atoms with Gasteiger partial charge in [0, 0.05) is 0 Å². The van der Waals surface area contributed by atoms with Crippen LogP contribution in [0, 0.1) is 22.2 Å². The molecule has 1 atom stereocenters. The van der Waals surface area contributed by atoms with E-state index < -0.39 is 0 Å². The zero-order chi connectivity index (χ0) is 15.3. The highest BCUT2D eigenvalue weighted by Gasteiger charge is 2.51. The maximum absolute atomic E-state index is 2.55. The molecule has 19 heavy (non-hydrogen) atoms. The van der Waals surface area contributed by atoms with E-state index in [0.29, 0.717) is 16.2 Å². The fraction of sp³-hybridized carbons (Fsp3) is 1.00. The average molecular weight is 269 g/mol. The van der Waals surface area contributed by atoms with Gasteiger partial charge in [-0.15, -0.1) is 0 Å². The Hall–Kier alpha value is 0. The number of rotatable bonds is 9. The lowest BCUT2D eigenvalue weighted by atomic mass is 9.48. The highest BCUT2D eigenvalue weighted by atomic mass is 14.6. The molecule has 0 nitrogen and oxygen atoms in total. The van der Waals surface area contributed by atoms with E-state index in [1.54, 1.807) is 0 Å². The van der Waals surface area contributed by atoms with Crippen LogP contribution >= 0.6 is 0 Å². The van der Waals surface area contributed by atoms with Gasteiger partial charge in [-0.3, -0.25) is 0 Å². The summed E-state index contributed by atoms with van der Waals surface area (Å²) in [6.07, 6.45) is 7.87. The van der Waals surface area contributed by atoms with Crippen molar-refractivity contribution in [2.45, 2.75) is 101 Å². The minimum atomic E-state index is 0.451. The van der Waals surface area contributed by atoms with Crippen LogP contribution in [0.25, 0.3) is 0 Å². The molecular formula is C19H40. The quantitative estimate of drug-likeness (QED) is 0.419. The molecule has 0 aliphatic carbocycles.